The predicted molar refractivity (Wildman–Crippen MR) is 78.2 cm³/mol. The zero-order valence-corrected chi connectivity index (χ0v) is 12.1. The van der Waals surface area contributed by atoms with Gasteiger partial charge in [-0.05, 0) is 37.6 Å². The predicted octanol–water partition coefficient (Wildman–Crippen LogP) is 2.36. The van der Waals surface area contributed by atoms with Gasteiger partial charge in [0.1, 0.15) is 5.75 Å². The third kappa shape index (κ3) is 2.63. The van der Waals surface area contributed by atoms with Gasteiger partial charge in [0.05, 0.1) is 5.56 Å². The van der Waals surface area contributed by atoms with Crippen LogP contribution in [0.25, 0.3) is 0 Å². The first-order valence-corrected chi connectivity index (χ1v) is 7.55. The molecule has 1 unspecified atom stereocenters. The highest BCUT2D eigenvalue weighted by Gasteiger charge is 2.32. The van der Waals surface area contributed by atoms with Gasteiger partial charge in [-0.3, -0.25) is 9.69 Å². The number of fused-ring (bicyclic) bond motifs is 1. The van der Waals surface area contributed by atoms with Crippen molar-refractivity contribution in [3.05, 3.63) is 28.8 Å². The number of carbonyl (C=O) groups excluding carboxylic acids is 1. The summed E-state index contributed by atoms with van der Waals surface area (Å²) in [5.74, 6) is -0.110. The lowest BCUT2D eigenvalue weighted by Gasteiger charge is -2.44. The Kier molecular flexibility index (Phi) is 3.85. The van der Waals surface area contributed by atoms with Gasteiger partial charge in [-0.2, -0.15) is 0 Å². The number of aromatic hydroxyl groups is 1. The molecule has 1 aromatic carbocycles. The maximum Gasteiger partial charge on any atom is 0.257 e. The summed E-state index contributed by atoms with van der Waals surface area (Å²) < 4.78 is 0. The van der Waals surface area contributed by atoms with Crippen LogP contribution in [-0.4, -0.2) is 53.0 Å². The Bertz CT molecular complexity index is 521. The summed E-state index contributed by atoms with van der Waals surface area (Å²) in [7, 11) is 0. The van der Waals surface area contributed by atoms with E-state index in [1.54, 1.807) is 12.1 Å². The Morgan fingerprint density at radius 1 is 1.25 bits per heavy atom. The molecular weight excluding hydrogens is 276 g/mol. The van der Waals surface area contributed by atoms with Gasteiger partial charge in [0.25, 0.3) is 5.91 Å². The fraction of sp³-hybridized carbons (Fsp3) is 0.533. The zero-order chi connectivity index (χ0) is 14.1. The van der Waals surface area contributed by atoms with E-state index in [0.717, 1.165) is 32.6 Å². The number of piperazine rings is 1. The second kappa shape index (κ2) is 5.62. The van der Waals surface area contributed by atoms with Gasteiger partial charge < -0.3 is 10.0 Å². The Morgan fingerprint density at radius 3 is 2.95 bits per heavy atom. The molecule has 0 bridgehead atoms. The number of phenolic OH excluding ortho intramolecular Hbond substituents is 1. The molecule has 0 saturated carbocycles. The molecule has 108 valence electrons. The van der Waals surface area contributed by atoms with Crippen molar-refractivity contribution in [3.8, 4) is 5.75 Å². The van der Waals surface area contributed by atoms with Crippen LogP contribution in [0.5, 0.6) is 5.75 Å². The Morgan fingerprint density at radius 2 is 2.10 bits per heavy atom. The van der Waals surface area contributed by atoms with Crippen molar-refractivity contribution in [1.82, 2.24) is 9.80 Å². The standard InChI is InChI=1S/C15H19ClN2O2/c16-11-4-5-14(19)13(9-11)15(20)18-8-7-17-6-2-1-3-12(17)10-18/h4-5,9,12,19H,1-3,6-8,10H2. The molecule has 0 aliphatic carbocycles. The molecule has 0 spiro atoms. The first kappa shape index (κ1) is 13.7. The SMILES string of the molecule is O=C(c1cc(Cl)ccc1O)N1CCN2CCCCC2C1. The van der Waals surface area contributed by atoms with Crippen LogP contribution in [0.15, 0.2) is 18.2 Å². The Hall–Kier alpha value is -1.26. The number of carbonyl (C=O) groups is 1. The van der Waals surface area contributed by atoms with E-state index in [4.69, 9.17) is 11.6 Å². The van der Waals surface area contributed by atoms with Gasteiger partial charge in [-0.1, -0.05) is 18.0 Å². The van der Waals surface area contributed by atoms with Crippen LogP contribution in [0.1, 0.15) is 29.6 Å². The van der Waals surface area contributed by atoms with Crippen molar-refractivity contribution in [3.63, 3.8) is 0 Å². The van der Waals surface area contributed by atoms with Crippen LogP contribution in [0, 0.1) is 0 Å². The van der Waals surface area contributed by atoms with Crippen LogP contribution in [-0.2, 0) is 0 Å². The van der Waals surface area contributed by atoms with E-state index >= 15 is 0 Å². The van der Waals surface area contributed by atoms with Crippen molar-refractivity contribution < 1.29 is 9.90 Å². The molecule has 1 N–H and O–H groups in total. The fourth-order valence-electron chi connectivity index (χ4n) is 3.19. The van der Waals surface area contributed by atoms with Gasteiger partial charge in [0.15, 0.2) is 0 Å². The molecule has 1 atom stereocenters. The first-order chi connectivity index (χ1) is 9.65. The molecule has 1 amide bonds. The van der Waals surface area contributed by atoms with E-state index in [1.807, 2.05) is 4.90 Å². The third-order valence-electron chi connectivity index (χ3n) is 4.31. The van der Waals surface area contributed by atoms with Gasteiger partial charge in [0.2, 0.25) is 0 Å². The highest BCUT2D eigenvalue weighted by molar-refractivity contribution is 6.31. The van der Waals surface area contributed by atoms with E-state index < -0.39 is 0 Å². The topological polar surface area (TPSA) is 43.8 Å². The first-order valence-electron chi connectivity index (χ1n) is 7.17. The smallest absolute Gasteiger partial charge is 0.257 e. The largest absolute Gasteiger partial charge is 0.507 e. The number of halogens is 1. The number of phenols is 1. The Balaban J connectivity index is 1.76. The molecular formula is C15H19ClN2O2. The lowest BCUT2D eigenvalue weighted by atomic mass is 9.99. The van der Waals surface area contributed by atoms with E-state index in [1.165, 1.54) is 18.9 Å². The van der Waals surface area contributed by atoms with Crippen LogP contribution < -0.4 is 0 Å². The number of nitrogens with zero attached hydrogens (tertiary/aromatic N) is 2. The van der Waals surface area contributed by atoms with Crippen molar-refractivity contribution in [2.24, 2.45) is 0 Å². The minimum atomic E-state index is -0.116. The molecule has 1 aromatic rings. The van der Waals surface area contributed by atoms with Gasteiger partial charge in [0, 0.05) is 30.7 Å². The summed E-state index contributed by atoms with van der Waals surface area (Å²) in [6.45, 7) is 3.55. The molecule has 2 aliphatic rings. The molecule has 5 heteroatoms. The third-order valence-corrected chi connectivity index (χ3v) is 4.55. The van der Waals surface area contributed by atoms with E-state index in [2.05, 4.69) is 4.90 Å². The highest BCUT2D eigenvalue weighted by atomic mass is 35.5. The second-order valence-corrected chi connectivity index (χ2v) is 6.03. The summed E-state index contributed by atoms with van der Waals surface area (Å²) in [6.07, 6.45) is 3.66. The summed E-state index contributed by atoms with van der Waals surface area (Å²) in [5, 5.41) is 10.3. The number of piperidine rings is 1. The van der Waals surface area contributed by atoms with Gasteiger partial charge >= 0.3 is 0 Å². The molecule has 2 saturated heterocycles. The molecule has 2 fully saturated rings. The Labute approximate surface area is 123 Å². The lowest BCUT2D eigenvalue weighted by Crippen LogP contribution is -2.56. The van der Waals surface area contributed by atoms with Crippen LogP contribution in [0.2, 0.25) is 5.02 Å². The number of hydrogen-bond donors (Lipinski definition) is 1. The highest BCUT2D eigenvalue weighted by Crippen LogP contribution is 2.26. The quantitative estimate of drug-likeness (QED) is 0.865. The van der Waals surface area contributed by atoms with Crippen LogP contribution in [0.3, 0.4) is 0 Å². The fourth-order valence-corrected chi connectivity index (χ4v) is 3.36. The van der Waals surface area contributed by atoms with Crippen LogP contribution in [0.4, 0.5) is 0 Å². The van der Waals surface area contributed by atoms with E-state index in [9.17, 15) is 9.90 Å². The normalized spacial score (nSPS) is 23.4. The zero-order valence-electron chi connectivity index (χ0n) is 11.4. The molecule has 4 nitrogen and oxygen atoms in total. The minimum Gasteiger partial charge on any atom is -0.507 e. The molecule has 3 rings (SSSR count). The number of rotatable bonds is 1. The van der Waals surface area contributed by atoms with Crippen molar-refractivity contribution in [1.29, 1.82) is 0 Å². The maximum absolute atomic E-state index is 12.5. The van der Waals surface area contributed by atoms with Crippen LogP contribution >= 0.6 is 11.6 Å². The van der Waals surface area contributed by atoms with Gasteiger partial charge in [-0.15, -0.1) is 0 Å². The number of amides is 1. The molecule has 0 aromatic heterocycles. The summed E-state index contributed by atoms with van der Waals surface area (Å²) in [4.78, 5) is 16.9. The average Bonchev–Trinajstić information content (AvgIpc) is 2.48. The number of benzene rings is 1. The molecule has 20 heavy (non-hydrogen) atoms. The molecule has 2 aliphatic heterocycles. The molecule has 0 radical (unpaired) electrons. The second-order valence-electron chi connectivity index (χ2n) is 5.60. The maximum atomic E-state index is 12.5. The average molecular weight is 295 g/mol. The molecule has 2 heterocycles. The van der Waals surface area contributed by atoms with E-state index in [-0.39, 0.29) is 11.7 Å². The summed E-state index contributed by atoms with van der Waals surface area (Å²) in [6, 6.07) is 5.09. The summed E-state index contributed by atoms with van der Waals surface area (Å²) >= 11 is 5.92. The van der Waals surface area contributed by atoms with Crippen molar-refractivity contribution in [2.75, 3.05) is 26.2 Å². The van der Waals surface area contributed by atoms with Crippen molar-refractivity contribution in [2.45, 2.75) is 25.3 Å². The monoisotopic (exact) mass is 294 g/mol. The lowest BCUT2D eigenvalue weighted by molar-refractivity contribution is 0.0370. The minimum absolute atomic E-state index is 0.00507. The van der Waals surface area contributed by atoms with Gasteiger partial charge in [-0.25, -0.2) is 0 Å². The van der Waals surface area contributed by atoms with E-state index in [0.29, 0.717) is 16.6 Å². The number of hydrogen-bond acceptors (Lipinski definition) is 3. The summed E-state index contributed by atoms with van der Waals surface area (Å²) in [5.41, 5.74) is 0.307. The van der Waals surface area contributed by atoms with Crippen molar-refractivity contribution >= 4 is 17.5 Å².